The van der Waals surface area contributed by atoms with Gasteiger partial charge in [-0.05, 0) is 6.92 Å². The number of hydrogen-bond donors (Lipinski definition) is 0. The van der Waals surface area contributed by atoms with E-state index in [4.69, 9.17) is 0 Å². The monoisotopic (exact) mass is 192 g/mol. The Hall–Kier alpha value is -1.78. The van der Waals surface area contributed by atoms with Gasteiger partial charge in [0.15, 0.2) is 11.6 Å². The van der Waals surface area contributed by atoms with Gasteiger partial charge in [-0.25, -0.2) is 15.0 Å². The van der Waals surface area contributed by atoms with Crippen LogP contribution in [0.1, 0.15) is 17.3 Å². The molecule has 14 heavy (non-hydrogen) atoms. The third-order valence-corrected chi connectivity index (χ3v) is 1.48. The molecule has 74 valence electrons. The molecular weight excluding hydrogens is 180 g/mol. The molecule has 5 nitrogen and oxygen atoms in total. The Morgan fingerprint density at radius 2 is 2.29 bits per heavy atom. The standard InChI is InChI=1S/C9H12N4O/c1-7(14)8-4-10-5-11-9(8)12-6-13(2)3/h4-6H,1-3H3. The van der Waals surface area contributed by atoms with Gasteiger partial charge in [0, 0.05) is 20.3 Å². The van der Waals surface area contributed by atoms with E-state index in [0.717, 1.165) is 0 Å². The summed E-state index contributed by atoms with van der Waals surface area (Å²) < 4.78 is 0. The van der Waals surface area contributed by atoms with E-state index in [1.807, 2.05) is 14.1 Å². The summed E-state index contributed by atoms with van der Waals surface area (Å²) in [5.74, 6) is 0.317. The van der Waals surface area contributed by atoms with Gasteiger partial charge in [0.2, 0.25) is 0 Å². The van der Waals surface area contributed by atoms with Crippen LogP contribution in [-0.4, -0.2) is 41.1 Å². The maximum atomic E-state index is 11.1. The molecule has 0 spiro atoms. The first-order valence-corrected chi connectivity index (χ1v) is 4.13. The number of Topliss-reactive ketones (excluding diaryl/α,β-unsaturated/α-hetero) is 1. The summed E-state index contributed by atoms with van der Waals surface area (Å²) >= 11 is 0. The Morgan fingerprint density at radius 1 is 1.57 bits per heavy atom. The van der Waals surface area contributed by atoms with Crippen molar-refractivity contribution in [3.8, 4) is 0 Å². The van der Waals surface area contributed by atoms with E-state index < -0.39 is 0 Å². The van der Waals surface area contributed by atoms with Crippen LogP contribution in [0.3, 0.4) is 0 Å². The van der Waals surface area contributed by atoms with E-state index in [0.29, 0.717) is 11.4 Å². The molecule has 1 heterocycles. The van der Waals surface area contributed by atoms with Gasteiger partial charge in [-0.1, -0.05) is 0 Å². The van der Waals surface area contributed by atoms with Crippen molar-refractivity contribution in [2.45, 2.75) is 6.92 Å². The van der Waals surface area contributed by atoms with Crippen LogP contribution in [0.25, 0.3) is 0 Å². The van der Waals surface area contributed by atoms with Crippen molar-refractivity contribution in [3.63, 3.8) is 0 Å². The van der Waals surface area contributed by atoms with Gasteiger partial charge in [0.05, 0.1) is 11.9 Å². The summed E-state index contributed by atoms with van der Waals surface area (Å²) in [6, 6.07) is 0. The lowest BCUT2D eigenvalue weighted by Gasteiger charge is -2.03. The van der Waals surface area contributed by atoms with Gasteiger partial charge < -0.3 is 4.90 Å². The van der Waals surface area contributed by atoms with Crippen LogP contribution in [-0.2, 0) is 0 Å². The highest BCUT2D eigenvalue weighted by Gasteiger charge is 2.06. The highest BCUT2D eigenvalue weighted by Crippen LogP contribution is 2.13. The van der Waals surface area contributed by atoms with Crippen LogP contribution >= 0.6 is 0 Å². The van der Waals surface area contributed by atoms with E-state index in [9.17, 15) is 4.79 Å². The van der Waals surface area contributed by atoms with Crippen molar-refractivity contribution < 1.29 is 4.79 Å². The molecule has 0 saturated carbocycles. The summed E-state index contributed by atoms with van der Waals surface area (Å²) in [6.07, 6.45) is 4.43. The Bertz CT molecular complexity index is 360. The van der Waals surface area contributed by atoms with Crippen molar-refractivity contribution in [1.29, 1.82) is 0 Å². The Morgan fingerprint density at radius 3 is 2.86 bits per heavy atom. The molecule has 0 N–H and O–H groups in total. The number of nitrogens with zero attached hydrogens (tertiary/aromatic N) is 4. The minimum atomic E-state index is -0.0866. The molecule has 0 saturated heterocycles. The van der Waals surface area contributed by atoms with E-state index in [1.165, 1.54) is 19.4 Å². The molecule has 1 aromatic heterocycles. The zero-order chi connectivity index (χ0) is 10.6. The quantitative estimate of drug-likeness (QED) is 0.405. The molecule has 0 aliphatic heterocycles. The van der Waals surface area contributed by atoms with Crippen molar-refractivity contribution in [3.05, 3.63) is 18.1 Å². The van der Waals surface area contributed by atoms with E-state index in [2.05, 4.69) is 15.0 Å². The highest BCUT2D eigenvalue weighted by molar-refractivity contribution is 5.98. The maximum Gasteiger partial charge on any atom is 0.167 e. The lowest BCUT2D eigenvalue weighted by atomic mass is 10.2. The predicted molar refractivity (Wildman–Crippen MR) is 53.9 cm³/mol. The van der Waals surface area contributed by atoms with Crippen LogP contribution in [0.2, 0.25) is 0 Å². The lowest BCUT2D eigenvalue weighted by Crippen LogP contribution is -2.07. The molecule has 5 heteroatoms. The number of rotatable bonds is 3. The van der Waals surface area contributed by atoms with Gasteiger partial charge in [0.1, 0.15) is 6.33 Å². The Kier molecular flexibility index (Phi) is 3.28. The molecule has 1 rings (SSSR count). The van der Waals surface area contributed by atoms with Crippen molar-refractivity contribution in [2.75, 3.05) is 14.1 Å². The normalized spacial score (nSPS) is 10.5. The van der Waals surface area contributed by atoms with Gasteiger partial charge in [-0.3, -0.25) is 4.79 Å². The fourth-order valence-electron chi connectivity index (χ4n) is 0.845. The molecule has 0 unspecified atom stereocenters. The van der Waals surface area contributed by atoms with Crippen LogP contribution < -0.4 is 0 Å². The summed E-state index contributed by atoms with van der Waals surface area (Å²) in [4.78, 5) is 24.7. The highest BCUT2D eigenvalue weighted by atomic mass is 16.1. The molecule has 0 aliphatic carbocycles. The largest absolute Gasteiger partial charge is 0.369 e. The molecule has 0 radical (unpaired) electrons. The maximum absolute atomic E-state index is 11.1. The Balaban J connectivity index is 3.02. The minimum Gasteiger partial charge on any atom is -0.369 e. The number of carbonyl (C=O) groups excluding carboxylic acids is 1. The summed E-state index contributed by atoms with van der Waals surface area (Å²) in [5.41, 5.74) is 0.436. The fraction of sp³-hybridized carbons (Fsp3) is 0.333. The molecule has 0 fully saturated rings. The molecule has 0 amide bonds. The zero-order valence-electron chi connectivity index (χ0n) is 8.43. The van der Waals surface area contributed by atoms with Crippen LogP contribution in [0.4, 0.5) is 5.82 Å². The Labute approximate surface area is 82.5 Å². The van der Waals surface area contributed by atoms with Gasteiger partial charge in [-0.15, -0.1) is 0 Å². The number of hydrogen-bond acceptors (Lipinski definition) is 4. The zero-order valence-corrected chi connectivity index (χ0v) is 8.43. The third-order valence-electron chi connectivity index (χ3n) is 1.48. The minimum absolute atomic E-state index is 0.0866. The first-order valence-electron chi connectivity index (χ1n) is 4.13. The van der Waals surface area contributed by atoms with Crippen LogP contribution in [0, 0.1) is 0 Å². The van der Waals surface area contributed by atoms with Gasteiger partial charge in [0.25, 0.3) is 0 Å². The molecule has 0 atom stereocenters. The molecular formula is C9H12N4O. The van der Waals surface area contributed by atoms with Crippen molar-refractivity contribution in [2.24, 2.45) is 4.99 Å². The SMILES string of the molecule is CC(=O)c1cncnc1N=CN(C)C. The topological polar surface area (TPSA) is 58.5 Å². The number of aromatic nitrogens is 2. The predicted octanol–water partition coefficient (Wildman–Crippen LogP) is 0.901. The summed E-state index contributed by atoms with van der Waals surface area (Å²) in [6.45, 7) is 1.47. The first-order chi connectivity index (χ1) is 6.61. The second-order valence-electron chi connectivity index (χ2n) is 3.02. The van der Waals surface area contributed by atoms with E-state index >= 15 is 0 Å². The average molecular weight is 192 g/mol. The van der Waals surface area contributed by atoms with Crippen molar-refractivity contribution in [1.82, 2.24) is 14.9 Å². The van der Waals surface area contributed by atoms with E-state index in [-0.39, 0.29) is 5.78 Å². The molecule has 1 aromatic rings. The summed E-state index contributed by atoms with van der Waals surface area (Å²) in [5, 5.41) is 0. The average Bonchev–Trinajstić information content (AvgIpc) is 2.15. The first kappa shape index (κ1) is 10.3. The van der Waals surface area contributed by atoms with Gasteiger partial charge in [-0.2, -0.15) is 0 Å². The smallest absolute Gasteiger partial charge is 0.167 e. The molecule has 0 aliphatic rings. The molecule has 0 aromatic carbocycles. The number of aliphatic imine (C=N–C) groups is 1. The molecule has 0 bridgehead atoms. The number of carbonyl (C=O) groups is 1. The van der Waals surface area contributed by atoms with Crippen LogP contribution in [0.5, 0.6) is 0 Å². The van der Waals surface area contributed by atoms with Crippen molar-refractivity contribution >= 4 is 17.9 Å². The second kappa shape index (κ2) is 4.45. The lowest BCUT2D eigenvalue weighted by molar-refractivity contribution is 0.101. The fourth-order valence-corrected chi connectivity index (χ4v) is 0.845. The van der Waals surface area contributed by atoms with Crippen LogP contribution in [0.15, 0.2) is 17.5 Å². The second-order valence-corrected chi connectivity index (χ2v) is 3.02. The number of ketones is 1. The van der Waals surface area contributed by atoms with E-state index in [1.54, 1.807) is 11.2 Å². The van der Waals surface area contributed by atoms with Gasteiger partial charge >= 0.3 is 0 Å². The third kappa shape index (κ3) is 2.62. The summed E-state index contributed by atoms with van der Waals surface area (Å²) in [7, 11) is 3.69.